The van der Waals surface area contributed by atoms with Crippen LogP contribution < -0.4 is 9.47 Å². The Morgan fingerprint density at radius 2 is 1.83 bits per heavy atom. The minimum Gasteiger partial charge on any atom is -0.459 e. The molecule has 0 fully saturated rings. The molecule has 3 rings (SSSR count). The standard InChI is InChI=1S/C20H13BrF4O4S/c1-2-27-19(26)20(24,25)29-18-15(28-13-9-11(22)8-12(23)10-13)6-5-14(17(18)21)16-4-3-7-30-16/h3-10H,2H2,1H3. The van der Waals surface area contributed by atoms with Gasteiger partial charge >= 0.3 is 12.1 Å². The molecule has 0 spiro atoms. The van der Waals surface area contributed by atoms with Crippen LogP contribution in [-0.4, -0.2) is 18.7 Å². The van der Waals surface area contributed by atoms with Crippen LogP contribution in [0, 0.1) is 11.6 Å². The number of hydrogen-bond donors (Lipinski definition) is 0. The van der Waals surface area contributed by atoms with Gasteiger partial charge in [-0.2, -0.15) is 8.78 Å². The zero-order valence-corrected chi connectivity index (χ0v) is 17.7. The number of alkyl halides is 2. The van der Waals surface area contributed by atoms with E-state index in [1.165, 1.54) is 24.3 Å². The van der Waals surface area contributed by atoms with Crippen molar-refractivity contribution >= 4 is 33.2 Å². The molecule has 0 aliphatic rings. The summed E-state index contributed by atoms with van der Waals surface area (Å²) in [6.45, 7) is 1.09. The van der Waals surface area contributed by atoms with Gasteiger partial charge in [0, 0.05) is 28.6 Å². The SMILES string of the molecule is CCOC(=O)C(F)(F)Oc1c(Oc2cc(F)cc(F)c2)ccc(-c2cccs2)c1Br. The summed E-state index contributed by atoms with van der Waals surface area (Å²) in [6.07, 6.45) is -4.34. The molecular formula is C20H13BrF4O4S. The van der Waals surface area contributed by atoms with Crippen LogP contribution in [0.25, 0.3) is 10.4 Å². The molecule has 0 atom stereocenters. The van der Waals surface area contributed by atoms with Crippen molar-refractivity contribution in [2.24, 2.45) is 0 Å². The summed E-state index contributed by atoms with van der Waals surface area (Å²) < 4.78 is 70.0. The quantitative estimate of drug-likeness (QED) is 0.262. The van der Waals surface area contributed by atoms with Gasteiger partial charge in [0.25, 0.3) is 0 Å². The highest BCUT2D eigenvalue weighted by atomic mass is 79.9. The van der Waals surface area contributed by atoms with Crippen molar-refractivity contribution in [3.05, 3.63) is 64.0 Å². The van der Waals surface area contributed by atoms with E-state index in [0.717, 1.165) is 17.0 Å². The fourth-order valence-corrected chi connectivity index (χ4v) is 3.95. The average molecular weight is 505 g/mol. The molecule has 0 N–H and O–H groups in total. The number of esters is 1. The Labute approximate surface area is 181 Å². The maximum absolute atomic E-state index is 14.3. The lowest BCUT2D eigenvalue weighted by atomic mass is 10.1. The maximum Gasteiger partial charge on any atom is 0.502 e. The number of carbonyl (C=O) groups is 1. The minimum absolute atomic E-state index is 0.0586. The van der Waals surface area contributed by atoms with Crippen LogP contribution in [-0.2, 0) is 9.53 Å². The second-order valence-electron chi connectivity index (χ2n) is 5.78. The highest BCUT2D eigenvalue weighted by Gasteiger charge is 2.45. The zero-order valence-electron chi connectivity index (χ0n) is 15.3. The highest BCUT2D eigenvalue weighted by Crippen LogP contribution is 2.46. The second-order valence-corrected chi connectivity index (χ2v) is 7.52. The summed E-state index contributed by atoms with van der Waals surface area (Å²) in [5, 5.41) is 1.79. The number of halogens is 5. The lowest BCUT2D eigenvalue weighted by Crippen LogP contribution is -2.37. The van der Waals surface area contributed by atoms with Crippen LogP contribution in [0.5, 0.6) is 17.2 Å². The van der Waals surface area contributed by atoms with Crippen molar-refractivity contribution < 1.29 is 36.6 Å². The molecule has 158 valence electrons. The molecule has 0 bridgehead atoms. The van der Waals surface area contributed by atoms with E-state index in [9.17, 15) is 22.4 Å². The number of ether oxygens (including phenoxy) is 3. The molecule has 4 nitrogen and oxygen atoms in total. The van der Waals surface area contributed by atoms with Gasteiger partial charge in [0.05, 0.1) is 11.1 Å². The molecule has 0 radical (unpaired) electrons. The van der Waals surface area contributed by atoms with E-state index in [-0.39, 0.29) is 22.6 Å². The molecular weight excluding hydrogens is 492 g/mol. The number of carbonyl (C=O) groups excluding carboxylic acids is 1. The minimum atomic E-state index is -4.34. The first-order valence-electron chi connectivity index (χ1n) is 8.45. The normalized spacial score (nSPS) is 11.3. The molecule has 0 amide bonds. The monoisotopic (exact) mass is 504 g/mol. The smallest absolute Gasteiger partial charge is 0.459 e. The maximum atomic E-state index is 14.3. The van der Waals surface area contributed by atoms with E-state index in [2.05, 4.69) is 25.4 Å². The van der Waals surface area contributed by atoms with Gasteiger partial charge in [0.1, 0.15) is 17.4 Å². The van der Waals surface area contributed by atoms with Gasteiger partial charge in [-0.05, 0) is 46.4 Å². The van der Waals surface area contributed by atoms with Crippen molar-refractivity contribution in [2.75, 3.05) is 6.61 Å². The van der Waals surface area contributed by atoms with Crippen molar-refractivity contribution in [1.82, 2.24) is 0 Å². The van der Waals surface area contributed by atoms with E-state index >= 15 is 0 Å². The summed E-state index contributed by atoms with van der Waals surface area (Å²) >= 11 is 4.55. The third-order valence-corrected chi connectivity index (χ3v) is 5.35. The Hall–Kier alpha value is -2.59. The number of benzene rings is 2. The van der Waals surface area contributed by atoms with Gasteiger partial charge in [0.15, 0.2) is 11.5 Å². The first-order chi connectivity index (χ1) is 14.2. The topological polar surface area (TPSA) is 44.8 Å². The van der Waals surface area contributed by atoms with E-state index in [4.69, 9.17) is 4.74 Å². The van der Waals surface area contributed by atoms with Gasteiger partial charge in [0.2, 0.25) is 0 Å². The molecule has 30 heavy (non-hydrogen) atoms. The molecule has 0 aliphatic heterocycles. The molecule has 0 aliphatic carbocycles. The highest BCUT2D eigenvalue weighted by molar-refractivity contribution is 9.10. The van der Waals surface area contributed by atoms with Crippen LogP contribution >= 0.6 is 27.3 Å². The molecule has 0 saturated heterocycles. The van der Waals surface area contributed by atoms with Gasteiger partial charge in [-0.25, -0.2) is 13.6 Å². The van der Waals surface area contributed by atoms with Gasteiger partial charge < -0.3 is 14.2 Å². The fourth-order valence-electron chi connectivity index (χ4n) is 2.44. The first-order valence-corrected chi connectivity index (χ1v) is 10.1. The van der Waals surface area contributed by atoms with Gasteiger partial charge in [-0.1, -0.05) is 6.07 Å². The summed E-state index contributed by atoms with van der Waals surface area (Å²) in [6, 6.07) is 8.74. The third kappa shape index (κ3) is 4.93. The fraction of sp³-hybridized carbons (Fsp3) is 0.150. The molecule has 2 aromatic carbocycles. The van der Waals surface area contributed by atoms with Crippen LogP contribution in [0.2, 0.25) is 0 Å². The Bertz CT molecular complexity index is 1040. The summed E-state index contributed by atoms with van der Waals surface area (Å²) in [5.74, 6) is -4.84. The first kappa shape index (κ1) is 22.1. The third-order valence-electron chi connectivity index (χ3n) is 3.65. The van der Waals surface area contributed by atoms with E-state index in [1.807, 2.05) is 0 Å². The molecule has 1 heterocycles. The van der Waals surface area contributed by atoms with E-state index in [0.29, 0.717) is 11.6 Å². The van der Waals surface area contributed by atoms with Crippen LogP contribution in [0.4, 0.5) is 17.6 Å². The molecule has 0 saturated carbocycles. The Kier molecular flexibility index (Phi) is 6.67. The van der Waals surface area contributed by atoms with Crippen LogP contribution in [0.3, 0.4) is 0 Å². The second kappa shape index (κ2) is 9.05. The van der Waals surface area contributed by atoms with Gasteiger partial charge in [-0.15, -0.1) is 11.3 Å². The van der Waals surface area contributed by atoms with Crippen LogP contribution in [0.15, 0.2) is 52.3 Å². The van der Waals surface area contributed by atoms with Crippen molar-refractivity contribution in [1.29, 1.82) is 0 Å². The zero-order chi connectivity index (χ0) is 21.9. The largest absolute Gasteiger partial charge is 0.502 e. The van der Waals surface area contributed by atoms with E-state index in [1.54, 1.807) is 23.6 Å². The molecule has 1 aromatic heterocycles. The lowest BCUT2D eigenvalue weighted by molar-refractivity contribution is -0.216. The van der Waals surface area contributed by atoms with E-state index < -0.39 is 29.5 Å². The number of hydrogen-bond acceptors (Lipinski definition) is 5. The van der Waals surface area contributed by atoms with Crippen molar-refractivity contribution in [2.45, 2.75) is 13.0 Å². The Morgan fingerprint density at radius 3 is 2.43 bits per heavy atom. The summed E-state index contributed by atoms with van der Waals surface area (Å²) in [4.78, 5) is 12.3. The molecule has 3 aromatic rings. The van der Waals surface area contributed by atoms with Crippen molar-refractivity contribution in [3.63, 3.8) is 0 Å². The lowest BCUT2D eigenvalue weighted by Gasteiger charge is -2.20. The summed E-state index contributed by atoms with van der Waals surface area (Å²) in [7, 11) is 0. The molecule has 0 unspecified atom stereocenters. The number of rotatable bonds is 7. The average Bonchev–Trinajstić information content (AvgIpc) is 3.18. The Balaban J connectivity index is 2.07. The Morgan fingerprint density at radius 1 is 1.13 bits per heavy atom. The number of thiophene rings is 1. The van der Waals surface area contributed by atoms with Gasteiger partial charge in [-0.3, -0.25) is 0 Å². The predicted molar refractivity (Wildman–Crippen MR) is 106 cm³/mol. The van der Waals surface area contributed by atoms with Crippen LogP contribution in [0.1, 0.15) is 6.92 Å². The van der Waals surface area contributed by atoms with Crippen molar-refractivity contribution in [3.8, 4) is 27.7 Å². The predicted octanol–water partition coefficient (Wildman–Crippen LogP) is 6.78. The summed E-state index contributed by atoms with van der Waals surface area (Å²) in [5.41, 5.74) is 0.484. The molecule has 10 heteroatoms.